The van der Waals surface area contributed by atoms with Crippen molar-refractivity contribution in [3.8, 4) is 5.75 Å². The highest BCUT2D eigenvalue weighted by Crippen LogP contribution is 2.35. The lowest BCUT2D eigenvalue weighted by molar-refractivity contribution is -0.137. The molecule has 2 aliphatic rings. The Morgan fingerprint density at radius 3 is 2.37 bits per heavy atom. The minimum atomic E-state index is -3.68. The quantitative estimate of drug-likeness (QED) is 0.536. The van der Waals surface area contributed by atoms with Crippen molar-refractivity contribution in [1.82, 2.24) is 9.21 Å². The molecule has 0 unspecified atom stereocenters. The number of carbonyl (C=O) groups excluding carboxylic acids is 1. The number of methoxy groups -OCH3 is 1. The summed E-state index contributed by atoms with van der Waals surface area (Å²) >= 11 is 0. The van der Waals surface area contributed by atoms with Crippen molar-refractivity contribution in [2.75, 3.05) is 26.7 Å². The van der Waals surface area contributed by atoms with Gasteiger partial charge in [-0.25, -0.2) is 8.42 Å². The SMILES string of the molecule is COc1ccc(S(=O)(=O)N2CCC[C@@H](C(=O)N3Cc4ccccc4[C@H](c4ccccc4)C3)C2)cc1. The highest BCUT2D eigenvalue weighted by atomic mass is 32.2. The van der Waals surface area contributed by atoms with Gasteiger partial charge in [-0.3, -0.25) is 4.79 Å². The molecular formula is C28H30N2O4S. The van der Waals surface area contributed by atoms with Gasteiger partial charge < -0.3 is 9.64 Å². The van der Waals surface area contributed by atoms with Gasteiger partial charge >= 0.3 is 0 Å². The highest BCUT2D eigenvalue weighted by molar-refractivity contribution is 7.89. The molecule has 0 aromatic heterocycles. The smallest absolute Gasteiger partial charge is 0.243 e. The summed E-state index contributed by atoms with van der Waals surface area (Å²) in [5, 5.41) is 0. The Morgan fingerprint density at radius 1 is 0.914 bits per heavy atom. The minimum Gasteiger partial charge on any atom is -0.497 e. The Balaban J connectivity index is 1.36. The van der Waals surface area contributed by atoms with Crippen molar-refractivity contribution >= 4 is 15.9 Å². The molecule has 35 heavy (non-hydrogen) atoms. The molecule has 1 saturated heterocycles. The molecule has 1 fully saturated rings. The number of hydrogen-bond donors (Lipinski definition) is 0. The van der Waals surface area contributed by atoms with E-state index < -0.39 is 10.0 Å². The minimum absolute atomic E-state index is 0.0371. The number of amides is 1. The maximum absolute atomic E-state index is 13.7. The van der Waals surface area contributed by atoms with Crippen LogP contribution in [0.3, 0.4) is 0 Å². The average molecular weight is 491 g/mol. The van der Waals surface area contributed by atoms with Gasteiger partial charge in [-0.1, -0.05) is 54.6 Å². The van der Waals surface area contributed by atoms with Crippen LogP contribution in [0.4, 0.5) is 0 Å². The van der Waals surface area contributed by atoms with Crippen molar-refractivity contribution in [1.29, 1.82) is 0 Å². The topological polar surface area (TPSA) is 66.9 Å². The third kappa shape index (κ3) is 4.70. The van der Waals surface area contributed by atoms with Gasteiger partial charge in [-0.15, -0.1) is 0 Å². The summed E-state index contributed by atoms with van der Waals surface area (Å²) in [5.41, 5.74) is 3.60. The summed E-state index contributed by atoms with van der Waals surface area (Å²) in [4.78, 5) is 15.9. The predicted octanol–water partition coefficient (Wildman–Crippen LogP) is 4.27. The third-order valence-corrected chi connectivity index (χ3v) is 9.02. The first kappa shape index (κ1) is 23.6. The molecule has 3 aromatic carbocycles. The number of nitrogens with zero attached hydrogens (tertiary/aromatic N) is 2. The fourth-order valence-corrected chi connectivity index (χ4v) is 6.79. The first-order chi connectivity index (χ1) is 17.0. The lowest BCUT2D eigenvalue weighted by atomic mass is 9.84. The van der Waals surface area contributed by atoms with Gasteiger partial charge in [-0.05, 0) is 53.8 Å². The van der Waals surface area contributed by atoms with Gasteiger partial charge in [0.15, 0.2) is 0 Å². The van der Waals surface area contributed by atoms with Crippen molar-refractivity contribution in [2.24, 2.45) is 5.92 Å². The van der Waals surface area contributed by atoms with E-state index in [1.807, 2.05) is 29.2 Å². The summed E-state index contributed by atoms with van der Waals surface area (Å²) in [5.74, 6) is 0.398. The van der Waals surface area contributed by atoms with E-state index in [-0.39, 0.29) is 29.2 Å². The van der Waals surface area contributed by atoms with Crippen molar-refractivity contribution in [2.45, 2.75) is 30.2 Å². The van der Waals surface area contributed by atoms with E-state index in [9.17, 15) is 13.2 Å². The molecule has 2 aliphatic heterocycles. The molecule has 3 aromatic rings. The highest BCUT2D eigenvalue weighted by Gasteiger charge is 2.37. The van der Waals surface area contributed by atoms with Crippen molar-refractivity contribution in [3.05, 3.63) is 95.6 Å². The molecule has 1 amide bonds. The fraction of sp³-hybridized carbons (Fsp3) is 0.321. The van der Waals surface area contributed by atoms with Crippen LogP contribution in [0.15, 0.2) is 83.8 Å². The second-order valence-electron chi connectivity index (χ2n) is 9.26. The first-order valence-corrected chi connectivity index (χ1v) is 13.5. The van der Waals surface area contributed by atoms with E-state index in [1.165, 1.54) is 15.4 Å². The van der Waals surface area contributed by atoms with Gasteiger partial charge in [-0.2, -0.15) is 4.31 Å². The van der Waals surface area contributed by atoms with Crippen LogP contribution in [0, 0.1) is 5.92 Å². The van der Waals surface area contributed by atoms with E-state index in [2.05, 4.69) is 30.3 Å². The lowest BCUT2D eigenvalue weighted by Gasteiger charge is -2.39. The normalized spacial score (nSPS) is 20.8. The van der Waals surface area contributed by atoms with Gasteiger partial charge in [0.1, 0.15) is 5.75 Å². The Labute approximate surface area is 207 Å². The molecule has 0 aliphatic carbocycles. The average Bonchev–Trinajstić information content (AvgIpc) is 2.92. The molecule has 2 atom stereocenters. The van der Waals surface area contributed by atoms with Crippen LogP contribution >= 0.6 is 0 Å². The van der Waals surface area contributed by atoms with E-state index >= 15 is 0 Å². The summed E-state index contributed by atoms with van der Waals surface area (Å²) in [7, 11) is -2.13. The van der Waals surface area contributed by atoms with E-state index in [1.54, 1.807) is 31.4 Å². The summed E-state index contributed by atoms with van der Waals surface area (Å²) < 4.78 is 33.2. The molecule has 2 heterocycles. The van der Waals surface area contributed by atoms with Gasteiger partial charge in [0.2, 0.25) is 15.9 Å². The second kappa shape index (κ2) is 9.84. The number of ether oxygens (including phenoxy) is 1. The number of hydrogen-bond acceptors (Lipinski definition) is 4. The first-order valence-electron chi connectivity index (χ1n) is 12.0. The van der Waals surface area contributed by atoms with Gasteiger partial charge in [0.05, 0.1) is 17.9 Å². The molecule has 5 rings (SSSR count). The zero-order chi connectivity index (χ0) is 24.4. The molecule has 0 bridgehead atoms. The summed E-state index contributed by atoms with van der Waals surface area (Å²) in [6.45, 7) is 1.79. The largest absolute Gasteiger partial charge is 0.497 e. The molecule has 0 spiro atoms. The number of rotatable bonds is 5. The maximum atomic E-state index is 13.7. The van der Waals surface area contributed by atoms with Crippen LogP contribution in [0.25, 0.3) is 0 Å². The van der Waals surface area contributed by atoms with Crippen LogP contribution in [0.1, 0.15) is 35.4 Å². The molecule has 0 saturated carbocycles. The van der Waals surface area contributed by atoms with E-state index in [4.69, 9.17) is 4.74 Å². The Kier molecular flexibility index (Phi) is 6.62. The van der Waals surface area contributed by atoms with Crippen LogP contribution in [0.5, 0.6) is 5.75 Å². The Bertz CT molecular complexity index is 1290. The monoisotopic (exact) mass is 490 g/mol. The molecular weight excluding hydrogens is 460 g/mol. The van der Waals surface area contributed by atoms with Crippen LogP contribution in [-0.2, 0) is 21.4 Å². The van der Waals surface area contributed by atoms with Crippen molar-refractivity contribution < 1.29 is 17.9 Å². The summed E-state index contributed by atoms with van der Waals surface area (Å²) in [6, 6.07) is 25.0. The number of carbonyl (C=O) groups is 1. The fourth-order valence-electron chi connectivity index (χ4n) is 5.26. The third-order valence-electron chi connectivity index (χ3n) is 7.14. The zero-order valence-electron chi connectivity index (χ0n) is 19.8. The molecule has 7 heteroatoms. The lowest BCUT2D eigenvalue weighted by Crippen LogP contribution is -2.48. The van der Waals surface area contributed by atoms with Crippen LogP contribution in [0.2, 0.25) is 0 Å². The molecule has 182 valence electrons. The van der Waals surface area contributed by atoms with Crippen molar-refractivity contribution in [3.63, 3.8) is 0 Å². The standard InChI is InChI=1S/C28H30N2O4S/c1-34-24-13-15-25(16-14-24)35(32,33)30-17-7-11-23(19-30)28(31)29-18-22-10-5-6-12-26(22)27(20-29)21-8-3-2-4-9-21/h2-6,8-10,12-16,23,27H,7,11,17-20H2,1H3/t23-,27+/m1/s1. The number of benzene rings is 3. The van der Waals surface area contributed by atoms with Gasteiger partial charge in [0, 0.05) is 32.1 Å². The summed E-state index contributed by atoms with van der Waals surface area (Å²) in [6.07, 6.45) is 1.36. The van der Waals surface area contributed by atoms with Gasteiger partial charge in [0.25, 0.3) is 0 Å². The van der Waals surface area contributed by atoms with Crippen LogP contribution < -0.4 is 4.74 Å². The molecule has 6 nitrogen and oxygen atoms in total. The van der Waals surface area contributed by atoms with E-state index in [0.717, 1.165) is 5.56 Å². The number of piperidine rings is 1. The molecule has 0 radical (unpaired) electrons. The second-order valence-corrected chi connectivity index (χ2v) is 11.2. The molecule has 0 N–H and O–H groups in total. The zero-order valence-corrected chi connectivity index (χ0v) is 20.7. The Morgan fingerprint density at radius 2 is 1.63 bits per heavy atom. The number of fused-ring (bicyclic) bond motifs is 1. The van der Waals surface area contributed by atoms with Crippen LogP contribution in [-0.4, -0.2) is 50.3 Å². The van der Waals surface area contributed by atoms with E-state index in [0.29, 0.717) is 38.2 Å². The predicted molar refractivity (Wildman–Crippen MR) is 135 cm³/mol. The Hall–Kier alpha value is -3.16. The number of sulfonamides is 1. The maximum Gasteiger partial charge on any atom is 0.243 e.